The monoisotopic (exact) mass is 399 g/mol. The zero-order valence-corrected chi connectivity index (χ0v) is 16.4. The van der Waals surface area contributed by atoms with E-state index in [1.165, 1.54) is 0 Å². The second-order valence-corrected chi connectivity index (χ2v) is 8.73. The number of hydrogen-bond acceptors (Lipinski definition) is 7. The lowest BCUT2D eigenvalue weighted by atomic mass is 10.2. The van der Waals surface area contributed by atoms with Crippen molar-refractivity contribution in [1.29, 1.82) is 0 Å². The molecule has 1 fully saturated rings. The van der Waals surface area contributed by atoms with Crippen LogP contribution in [-0.4, -0.2) is 48.1 Å². The van der Waals surface area contributed by atoms with Crippen molar-refractivity contribution in [3.05, 3.63) is 60.2 Å². The summed E-state index contributed by atoms with van der Waals surface area (Å²) in [5, 5.41) is 4.03. The maximum absolute atomic E-state index is 12.7. The fourth-order valence-electron chi connectivity index (χ4n) is 3.36. The Hall–Kier alpha value is -2.62. The third-order valence-corrected chi connectivity index (χ3v) is 6.38. The molecule has 1 aromatic carbocycles. The minimum Gasteiger partial charge on any atom is -0.337 e. The van der Waals surface area contributed by atoms with Gasteiger partial charge in [-0.05, 0) is 44.7 Å². The van der Waals surface area contributed by atoms with Gasteiger partial charge in [-0.3, -0.25) is 9.88 Å². The number of nitrogens with zero attached hydrogens (tertiary/aromatic N) is 4. The molecular weight excluding hydrogens is 378 g/mol. The van der Waals surface area contributed by atoms with Gasteiger partial charge >= 0.3 is 0 Å². The summed E-state index contributed by atoms with van der Waals surface area (Å²) in [5.41, 5.74) is 1.79. The lowest BCUT2D eigenvalue weighted by molar-refractivity contribution is 0.244. The van der Waals surface area contributed by atoms with Crippen molar-refractivity contribution in [1.82, 2.24) is 24.7 Å². The molecule has 3 heterocycles. The molecule has 3 aromatic rings. The van der Waals surface area contributed by atoms with Crippen LogP contribution >= 0.6 is 0 Å². The molecule has 0 radical (unpaired) electrons. The number of benzene rings is 1. The molecule has 0 spiro atoms. The van der Waals surface area contributed by atoms with Crippen molar-refractivity contribution in [2.45, 2.75) is 30.3 Å². The van der Waals surface area contributed by atoms with E-state index in [4.69, 9.17) is 4.52 Å². The maximum atomic E-state index is 12.7. The Labute approximate surface area is 163 Å². The minimum absolute atomic E-state index is 0.149. The van der Waals surface area contributed by atoms with Gasteiger partial charge in [0.2, 0.25) is 21.7 Å². The van der Waals surface area contributed by atoms with Crippen molar-refractivity contribution < 1.29 is 12.9 Å². The van der Waals surface area contributed by atoms with Crippen molar-refractivity contribution in [2.75, 3.05) is 13.6 Å². The Morgan fingerprint density at radius 1 is 1.21 bits per heavy atom. The number of sulfonamides is 1. The molecule has 4 rings (SSSR count). The Balaban J connectivity index is 1.48. The molecule has 1 aliphatic heterocycles. The van der Waals surface area contributed by atoms with Gasteiger partial charge in [0.05, 0.1) is 10.9 Å². The molecule has 2 atom stereocenters. The highest BCUT2D eigenvalue weighted by Crippen LogP contribution is 2.31. The number of hydrogen-bond donors (Lipinski definition) is 1. The summed E-state index contributed by atoms with van der Waals surface area (Å²) in [5.74, 6) is 0.943. The summed E-state index contributed by atoms with van der Waals surface area (Å²) in [6.07, 6.45) is 3.90. The number of likely N-dealkylation sites (N-methyl/N-ethyl adjacent to an activating group) is 1. The summed E-state index contributed by atoms with van der Waals surface area (Å²) in [4.78, 5) is 10.8. The van der Waals surface area contributed by atoms with E-state index in [2.05, 4.69) is 19.8 Å². The fraction of sp³-hybridized carbons (Fsp3) is 0.316. The number of rotatable bonds is 5. The normalized spacial score (nSPS) is 20.5. The van der Waals surface area contributed by atoms with Gasteiger partial charge in [-0.15, -0.1) is 0 Å². The quantitative estimate of drug-likeness (QED) is 0.701. The van der Waals surface area contributed by atoms with Crippen LogP contribution < -0.4 is 4.72 Å². The first kappa shape index (κ1) is 18.7. The SMILES string of the molecule is Cc1ccc(S(=O)(=O)N[C@H]2C[C@@H](c3nc(-c4cccnc4)no3)N(C)C2)cc1. The van der Waals surface area contributed by atoms with E-state index in [0.29, 0.717) is 24.7 Å². The van der Waals surface area contributed by atoms with Crippen LogP contribution in [0.2, 0.25) is 0 Å². The highest BCUT2D eigenvalue weighted by molar-refractivity contribution is 7.89. The summed E-state index contributed by atoms with van der Waals surface area (Å²) < 4.78 is 33.5. The van der Waals surface area contributed by atoms with Gasteiger partial charge in [0.25, 0.3) is 0 Å². The molecule has 9 heteroatoms. The van der Waals surface area contributed by atoms with Crippen LogP contribution in [0.5, 0.6) is 0 Å². The van der Waals surface area contributed by atoms with Gasteiger partial charge in [0, 0.05) is 30.5 Å². The number of nitrogens with one attached hydrogen (secondary N) is 1. The zero-order chi connectivity index (χ0) is 19.7. The minimum atomic E-state index is -3.58. The zero-order valence-electron chi connectivity index (χ0n) is 15.6. The second kappa shape index (κ2) is 7.42. The molecule has 28 heavy (non-hydrogen) atoms. The molecule has 1 saturated heterocycles. The van der Waals surface area contributed by atoms with E-state index in [1.54, 1.807) is 36.7 Å². The van der Waals surface area contributed by atoms with Crippen LogP contribution in [0.3, 0.4) is 0 Å². The van der Waals surface area contributed by atoms with Crippen molar-refractivity contribution in [2.24, 2.45) is 0 Å². The third-order valence-electron chi connectivity index (χ3n) is 4.85. The first-order chi connectivity index (χ1) is 13.4. The molecule has 0 bridgehead atoms. The summed E-state index contributed by atoms with van der Waals surface area (Å²) >= 11 is 0. The first-order valence-electron chi connectivity index (χ1n) is 8.95. The van der Waals surface area contributed by atoms with E-state index in [-0.39, 0.29) is 17.0 Å². The predicted octanol–water partition coefficient (Wildman–Crippen LogP) is 2.16. The Morgan fingerprint density at radius 3 is 2.71 bits per heavy atom. The highest BCUT2D eigenvalue weighted by atomic mass is 32.2. The van der Waals surface area contributed by atoms with Gasteiger partial charge in [0.15, 0.2) is 0 Å². The molecule has 1 aliphatic rings. The summed E-state index contributed by atoms with van der Waals surface area (Å²) in [6.45, 7) is 2.48. The lowest BCUT2D eigenvalue weighted by Crippen LogP contribution is -2.36. The Morgan fingerprint density at radius 2 is 2.00 bits per heavy atom. The van der Waals surface area contributed by atoms with Gasteiger partial charge in [-0.2, -0.15) is 4.98 Å². The highest BCUT2D eigenvalue weighted by Gasteiger charge is 2.36. The molecule has 0 aliphatic carbocycles. The lowest BCUT2D eigenvalue weighted by Gasteiger charge is -2.14. The molecule has 2 aromatic heterocycles. The molecule has 1 N–H and O–H groups in total. The molecule has 0 unspecified atom stereocenters. The van der Waals surface area contributed by atoms with E-state index in [0.717, 1.165) is 11.1 Å². The Kier molecular flexibility index (Phi) is 4.96. The second-order valence-electron chi connectivity index (χ2n) is 7.02. The largest absolute Gasteiger partial charge is 0.337 e. The molecule has 8 nitrogen and oxygen atoms in total. The van der Waals surface area contributed by atoms with Crippen LogP contribution in [0, 0.1) is 6.92 Å². The van der Waals surface area contributed by atoms with Crippen molar-refractivity contribution >= 4 is 10.0 Å². The summed E-state index contributed by atoms with van der Waals surface area (Å²) in [6, 6.07) is 10.1. The third kappa shape index (κ3) is 3.82. The number of aryl methyl sites for hydroxylation is 1. The van der Waals surface area contributed by atoms with E-state index in [1.807, 2.05) is 31.0 Å². The Bertz CT molecular complexity index is 1050. The number of likely N-dealkylation sites (tertiary alicyclic amines) is 1. The van der Waals surface area contributed by atoms with Crippen LogP contribution in [0.25, 0.3) is 11.4 Å². The van der Waals surface area contributed by atoms with Crippen LogP contribution in [0.15, 0.2) is 58.2 Å². The van der Waals surface area contributed by atoms with Gasteiger partial charge in [-0.25, -0.2) is 13.1 Å². The maximum Gasteiger partial charge on any atom is 0.244 e. The molecule has 146 valence electrons. The standard InChI is InChI=1S/C19H21N5O3S/c1-13-5-7-16(8-6-13)28(25,26)23-15-10-17(24(2)12-15)19-21-18(22-27-19)14-4-3-9-20-11-14/h3-9,11,15,17,23H,10,12H2,1-2H3/t15-,17-/m0/s1. The van der Waals surface area contributed by atoms with Crippen molar-refractivity contribution in [3.8, 4) is 11.4 Å². The van der Waals surface area contributed by atoms with E-state index in [9.17, 15) is 8.42 Å². The topological polar surface area (TPSA) is 101 Å². The van der Waals surface area contributed by atoms with Crippen LogP contribution in [0.4, 0.5) is 0 Å². The van der Waals surface area contributed by atoms with Gasteiger partial charge < -0.3 is 4.52 Å². The van der Waals surface area contributed by atoms with Crippen LogP contribution in [-0.2, 0) is 10.0 Å². The van der Waals surface area contributed by atoms with Crippen molar-refractivity contribution in [3.63, 3.8) is 0 Å². The van der Waals surface area contributed by atoms with Crippen LogP contribution in [0.1, 0.15) is 23.9 Å². The van der Waals surface area contributed by atoms with Gasteiger partial charge in [0.1, 0.15) is 0 Å². The molecule has 0 saturated carbocycles. The van der Waals surface area contributed by atoms with E-state index >= 15 is 0 Å². The van der Waals surface area contributed by atoms with Gasteiger partial charge in [-0.1, -0.05) is 22.9 Å². The average molecular weight is 399 g/mol. The first-order valence-corrected chi connectivity index (χ1v) is 10.4. The number of pyridine rings is 1. The van der Waals surface area contributed by atoms with E-state index < -0.39 is 10.0 Å². The molecular formula is C19H21N5O3S. The smallest absolute Gasteiger partial charge is 0.244 e. The predicted molar refractivity (Wildman–Crippen MR) is 103 cm³/mol. The number of aromatic nitrogens is 3. The fourth-order valence-corrected chi connectivity index (χ4v) is 4.60. The summed E-state index contributed by atoms with van der Waals surface area (Å²) in [7, 11) is -1.66. The average Bonchev–Trinajstić information content (AvgIpc) is 3.29. The molecule has 0 amide bonds.